The second-order valence-electron chi connectivity index (χ2n) is 4.69. The van der Waals surface area contributed by atoms with Gasteiger partial charge in [0, 0.05) is 5.56 Å². The Morgan fingerprint density at radius 3 is 2.53 bits per heavy atom. The smallest absolute Gasteiger partial charge is 0.228 e. The summed E-state index contributed by atoms with van der Waals surface area (Å²) in [7, 11) is -3.09. The summed E-state index contributed by atoms with van der Waals surface area (Å²) in [4.78, 5) is 23.4. The number of amides is 1. The number of rotatable bonds is 3. The molecule has 1 aromatic rings. The van der Waals surface area contributed by atoms with E-state index in [2.05, 4.69) is 5.32 Å². The van der Waals surface area contributed by atoms with Crippen molar-refractivity contribution in [2.24, 2.45) is 5.92 Å². The van der Waals surface area contributed by atoms with Gasteiger partial charge in [-0.05, 0) is 25.5 Å². The van der Waals surface area contributed by atoms with E-state index in [1.165, 1.54) is 6.92 Å². The van der Waals surface area contributed by atoms with Crippen molar-refractivity contribution >= 4 is 27.2 Å². The fraction of sp³-hybridized carbons (Fsp3) is 0.385. The summed E-state index contributed by atoms with van der Waals surface area (Å²) in [6, 6.07) is 6.70. The topological polar surface area (TPSA) is 80.3 Å². The average molecular weight is 281 g/mol. The van der Waals surface area contributed by atoms with Crippen LogP contribution in [-0.4, -0.2) is 31.6 Å². The molecule has 0 radical (unpaired) electrons. The maximum atomic E-state index is 12.0. The number of nitrogens with one attached hydrogen (secondary N) is 1. The summed E-state index contributed by atoms with van der Waals surface area (Å²) in [5.41, 5.74) is 0.862. The fourth-order valence-electron chi connectivity index (χ4n) is 2.14. The minimum atomic E-state index is -3.09. The Morgan fingerprint density at radius 1 is 1.26 bits per heavy atom. The number of carbonyl (C=O) groups excluding carboxylic acids is 2. The Balaban J connectivity index is 2.14. The molecule has 0 aliphatic carbocycles. The Kier molecular flexibility index (Phi) is 3.71. The van der Waals surface area contributed by atoms with Crippen LogP contribution in [0, 0.1) is 5.92 Å². The van der Waals surface area contributed by atoms with Gasteiger partial charge in [-0.1, -0.05) is 12.1 Å². The minimum absolute atomic E-state index is 0.0550. The molecular formula is C13H15NO4S. The molecule has 6 heteroatoms. The van der Waals surface area contributed by atoms with Crippen LogP contribution in [0.3, 0.4) is 0 Å². The van der Waals surface area contributed by atoms with Crippen molar-refractivity contribution in [3.8, 4) is 0 Å². The summed E-state index contributed by atoms with van der Waals surface area (Å²) in [6.07, 6.45) is 0.344. The quantitative estimate of drug-likeness (QED) is 0.846. The van der Waals surface area contributed by atoms with Crippen LogP contribution in [0.15, 0.2) is 24.3 Å². The maximum Gasteiger partial charge on any atom is 0.228 e. The van der Waals surface area contributed by atoms with E-state index in [9.17, 15) is 18.0 Å². The van der Waals surface area contributed by atoms with Gasteiger partial charge in [-0.25, -0.2) is 8.42 Å². The number of anilines is 1. The number of carbonyl (C=O) groups is 2. The SMILES string of the molecule is CC(=O)c1ccccc1NC(=O)[C@H]1CCS(=O)(=O)C1. The maximum absolute atomic E-state index is 12.0. The average Bonchev–Trinajstić information content (AvgIpc) is 2.70. The third-order valence-electron chi connectivity index (χ3n) is 3.17. The largest absolute Gasteiger partial charge is 0.325 e. The predicted molar refractivity (Wildman–Crippen MR) is 71.8 cm³/mol. The van der Waals surface area contributed by atoms with E-state index in [0.29, 0.717) is 17.7 Å². The van der Waals surface area contributed by atoms with Crippen LogP contribution in [0.25, 0.3) is 0 Å². The molecule has 0 aromatic heterocycles. The van der Waals surface area contributed by atoms with Gasteiger partial charge in [0.25, 0.3) is 0 Å². The Morgan fingerprint density at radius 2 is 1.95 bits per heavy atom. The highest BCUT2D eigenvalue weighted by atomic mass is 32.2. The molecule has 1 aliphatic rings. The van der Waals surface area contributed by atoms with Crippen LogP contribution in [0.5, 0.6) is 0 Å². The zero-order chi connectivity index (χ0) is 14.0. The van der Waals surface area contributed by atoms with E-state index >= 15 is 0 Å². The molecule has 1 atom stereocenters. The molecule has 1 N–H and O–H groups in total. The lowest BCUT2D eigenvalue weighted by atomic mass is 10.1. The van der Waals surface area contributed by atoms with Gasteiger partial charge >= 0.3 is 0 Å². The first-order valence-electron chi connectivity index (χ1n) is 6.00. The van der Waals surface area contributed by atoms with Crippen LogP contribution in [0.1, 0.15) is 23.7 Å². The van der Waals surface area contributed by atoms with Gasteiger partial charge < -0.3 is 5.32 Å². The number of ketones is 1. The zero-order valence-corrected chi connectivity index (χ0v) is 11.4. The molecule has 1 amide bonds. The zero-order valence-electron chi connectivity index (χ0n) is 10.5. The molecule has 1 aliphatic heterocycles. The van der Waals surface area contributed by atoms with Crippen LogP contribution in [0.2, 0.25) is 0 Å². The van der Waals surface area contributed by atoms with Crippen molar-refractivity contribution < 1.29 is 18.0 Å². The van der Waals surface area contributed by atoms with Gasteiger partial charge in [0.05, 0.1) is 23.1 Å². The molecule has 1 heterocycles. The van der Waals surface area contributed by atoms with Crippen molar-refractivity contribution in [3.63, 3.8) is 0 Å². The first-order chi connectivity index (χ1) is 8.89. The molecule has 0 saturated carbocycles. The summed E-state index contributed by atoms with van der Waals surface area (Å²) >= 11 is 0. The second kappa shape index (κ2) is 5.13. The number of benzene rings is 1. The molecule has 102 valence electrons. The highest BCUT2D eigenvalue weighted by molar-refractivity contribution is 7.91. The predicted octanol–water partition coefficient (Wildman–Crippen LogP) is 1.26. The van der Waals surface area contributed by atoms with Gasteiger partial charge in [-0.2, -0.15) is 0 Å². The van der Waals surface area contributed by atoms with E-state index in [1.54, 1.807) is 24.3 Å². The summed E-state index contributed by atoms with van der Waals surface area (Å²) in [5.74, 6) is -1.06. The van der Waals surface area contributed by atoms with Crippen LogP contribution < -0.4 is 5.32 Å². The number of hydrogen-bond acceptors (Lipinski definition) is 4. The molecule has 0 bridgehead atoms. The summed E-state index contributed by atoms with van der Waals surface area (Å²) in [5, 5.41) is 2.65. The van der Waals surface area contributed by atoms with E-state index in [0.717, 1.165) is 0 Å². The number of sulfone groups is 1. The van der Waals surface area contributed by atoms with E-state index in [1.807, 2.05) is 0 Å². The summed E-state index contributed by atoms with van der Waals surface area (Å²) in [6.45, 7) is 1.42. The van der Waals surface area contributed by atoms with Gasteiger partial charge in [-0.3, -0.25) is 9.59 Å². The van der Waals surface area contributed by atoms with E-state index in [4.69, 9.17) is 0 Å². The monoisotopic (exact) mass is 281 g/mol. The van der Waals surface area contributed by atoms with Gasteiger partial charge in [0.2, 0.25) is 5.91 Å². The van der Waals surface area contributed by atoms with Crippen LogP contribution in [0.4, 0.5) is 5.69 Å². The number of hydrogen-bond donors (Lipinski definition) is 1. The van der Waals surface area contributed by atoms with Crippen molar-refractivity contribution in [2.45, 2.75) is 13.3 Å². The normalized spacial score (nSPS) is 21.0. The number of Topliss-reactive ketones (excluding diaryl/α,β-unsaturated/α-hetero) is 1. The first kappa shape index (κ1) is 13.7. The Labute approximate surface area is 111 Å². The third-order valence-corrected chi connectivity index (χ3v) is 4.94. The van der Waals surface area contributed by atoms with Gasteiger partial charge in [-0.15, -0.1) is 0 Å². The van der Waals surface area contributed by atoms with Crippen molar-refractivity contribution in [2.75, 3.05) is 16.8 Å². The van der Waals surface area contributed by atoms with E-state index < -0.39 is 15.8 Å². The molecule has 19 heavy (non-hydrogen) atoms. The highest BCUT2D eigenvalue weighted by Gasteiger charge is 2.33. The number of para-hydroxylation sites is 1. The molecule has 2 rings (SSSR count). The molecule has 1 saturated heterocycles. The minimum Gasteiger partial charge on any atom is -0.325 e. The molecule has 5 nitrogen and oxygen atoms in total. The second-order valence-corrected chi connectivity index (χ2v) is 6.92. The van der Waals surface area contributed by atoms with Crippen molar-refractivity contribution in [3.05, 3.63) is 29.8 Å². The van der Waals surface area contributed by atoms with Crippen molar-refractivity contribution in [1.82, 2.24) is 0 Å². The molecule has 1 fully saturated rings. The molecule has 0 unspecified atom stereocenters. The lowest BCUT2D eigenvalue weighted by Crippen LogP contribution is -2.24. The van der Waals surface area contributed by atoms with Gasteiger partial charge in [0.1, 0.15) is 0 Å². The van der Waals surface area contributed by atoms with Crippen molar-refractivity contribution in [1.29, 1.82) is 0 Å². The van der Waals surface area contributed by atoms with Gasteiger partial charge in [0.15, 0.2) is 15.6 Å². The standard InChI is InChI=1S/C13H15NO4S/c1-9(15)11-4-2-3-5-12(11)14-13(16)10-6-7-19(17,18)8-10/h2-5,10H,6-8H2,1H3,(H,14,16)/t10-/m0/s1. The van der Waals surface area contributed by atoms with Crippen LogP contribution >= 0.6 is 0 Å². The fourth-order valence-corrected chi connectivity index (χ4v) is 3.88. The van der Waals surface area contributed by atoms with Crippen LogP contribution in [-0.2, 0) is 14.6 Å². The Hall–Kier alpha value is -1.69. The molecule has 1 aromatic carbocycles. The summed E-state index contributed by atoms with van der Waals surface area (Å²) < 4.78 is 22.7. The highest BCUT2D eigenvalue weighted by Crippen LogP contribution is 2.22. The molecular weight excluding hydrogens is 266 g/mol. The lowest BCUT2D eigenvalue weighted by Gasteiger charge is -2.11. The third kappa shape index (κ3) is 3.20. The Bertz CT molecular complexity index is 621. The van der Waals surface area contributed by atoms with E-state index in [-0.39, 0.29) is 23.2 Å². The lowest BCUT2D eigenvalue weighted by molar-refractivity contribution is -0.119. The first-order valence-corrected chi connectivity index (χ1v) is 7.82. The molecule has 0 spiro atoms.